The second-order valence-corrected chi connectivity index (χ2v) is 5.58. The van der Waals surface area contributed by atoms with E-state index in [1.807, 2.05) is 6.07 Å². The van der Waals surface area contributed by atoms with Gasteiger partial charge < -0.3 is 10.2 Å². The Morgan fingerprint density at radius 2 is 1.22 bits per heavy atom. The molecule has 2 nitrogen and oxygen atoms in total. The molecule has 0 fully saturated rings. The van der Waals surface area contributed by atoms with Crippen LogP contribution in [0, 0.1) is 0 Å². The molecular weight excluding hydrogens is 280 g/mol. The lowest BCUT2D eigenvalue weighted by Crippen LogP contribution is -2.28. The average Bonchev–Trinajstić information content (AvgIpc) is 3.09. The smallest absolute Gasteiger partial charge is 0.130 e. The zero-order valence-electron chi connectivity index (χ0n) is 12.8. The first-order valence-corrected chi connectivity index (χ1v) is 7.84. The van der Waals surface area contributed by atoms with Crippen molar-refractivity contribution >= 4 is 11.4 Å². The lowest BCUT2D eigenvalue weighted by molar-refractivity contribution is 0.671. The van der Waals surface area contributed by atoms with Gasteiger partial charge in [-0.15, -0.1) is 0 Å². The van der Waals surface area contributed by atoms with E-state index in [2.05, 4.69) is 101 Å². The van der Waals surface area contributed by atoms with Gasteiger partial charge in [0.05, 0.1) is 5.70 Å². The molecule has 112 valence electrons. The Balaban J connectivity index is 1.79. The Bertz CT molecular complexity index is 795. The van der Waals surface area contributed by atoms with E-state index in [0.29, 0.717) is 0 Å². The fraction of sp³-hybridized carbons (Fsp3) is 0.0476. The number of nitrogens with one attached hydrogen (secondary N) is 1. The number of nitrogens with zero attached hydrogens (tertiary/aromatic N) is 1. The van der Waals surface area contributed by atoms with Crippen molar-refractivity contribution in [2.45, 2.75) is 6.17 Å². The minimum absolute atomic E-state index is 0.105. The summed E-state index contributed by atoms with van der Waals surface area (Å²) in [7, 11) is 0. The van der Waals surface area contributed by atoms with Gasteiger partial charge in [0.1, 0.15) is 6.17 Å². The number of hydrogen-bond acceptors (Lipinski definition) is 2. The van der Waals surface area contributed by atoms with Crippen molar-refractivity contribution in [1.29, 1.82) is 0 Å². The van der Waals surface area contributed by atoms with Gasteiger partial charge in [0.15, 0.2) is 0 Å². The van der Waals surface area contributed by atoms with Crippen LogP contribution in [0.15, 0.2) is 97.2 Å². The average molecular weight is 298 g/mol. The van der Waals surface area contributed by atoms with E-state index in [4.69, 9.17) is 0 Å². The highest BCUT2D eigenvalue weighted by Gasteiger charge is 2.28. The van der Waals surface area contributed by atoms with Crippen LogP contribution in [0.5, 0.6) is 0 Å². The first-order chi connectivity index (χ1) is 11.4. The van der Waals surface area contributed by atoms with Crippen LogP contribution >= 0.6 is 0 Å². The third-order valence-electron chi connectivity index (χ3n) is 4.11. The second kappa shape index (κ2) is 6.01. The van der Waals surface area contributed by atoms with Crippen LogP contribution in [0.1, 0.15) is 17.3 Å². The quantitative estimate of drug-likeness (QED) is 0.747. The Hall–Kier alpha value is -3.00. The molecule has 0 aromatic heterocycles. The Labute approximate surface area is 136 Å². The van der Waals surface area contributed by atoms with Crippen LogP contribution in [0.4, 0.5) is 5.69 Å². The normalized spacial score (nSPS) is 16.8. The van der Waals surface area contributed by atoms with Crippen molar-refractivity contribution in [3.05, 3.63) is 108 Å². The molecule has 0 spiro atoms. The van der Waals surface area contributed by atoms with Gasteiger partial charge in [0, 0.05) is 11.9 Å². The zero-order valence-corrected chi connectivity index (χ0v) is 12.8. The molecule has 3 aromatic carbocycles. The molecule has 1 N–H and O–H groups in total. The summed E-state index contributed by atoms with van der Waals surface area (Å²) in [6, 6.07) is 31.6. The number of benzene rings is 3. The van der Waals surface area contributed by atoms with Crippen molar-refractivity contribution in [3.8, 4) is 0 Å². The molecule has 23 heavy (non-hydrogen) atoms. The summed E-state index contributed by atoms with van der Waals surface area (Å²) in [6.07, 6.45) is 2.22. The summed E-state index contributed by atoms with van der Waals surface area (Å²) in [4.78, 5) is 2.35. The van der Waals surface area contributed by atoms with Crippen LogP contribution in [0.2, 0.25) is 0 Å². The number of rotatable bonds is 3. The highest BCUT2D eigenvalue weighted by atomic mass is 15.3. The summed E-state index contributed by atoms with van der Waals surface area (Å²) < 4.78 is 0. The van der Waals surface area contributed by atoms with Crippen LogP contribution < -0.4 is 10.2 Å². The predicted octanol–water partition coefficient (Wildman–Crippen LogP) is 4.79. The molecule has 2 heteroatoms. The molecule has 1 aliphatic rings. The van der Waals surface area contributed by atoms with Crippen LogP contribution in [-0.2, 0) is 0 Å². The molecule has 1 aliphatic heterocycles. The summed E-state index contributed by atoms with van der Waals surface area (Å²) >= 11 is 0. The van der Waals surface area contributed by atoms with Gasteiger partial charge >= 0.3 is 0 Å². The molecule has 1 unspecified atom stereocenters. The number of hydrogen-bond donors (Lipinski definition) is 1. The fourth-order valence-electron chi connectivity index (χ4n) is 3.03. The predicted molar refractivity (Wildman–Crippen MR) is 95.7 cm³/mol. The molecule has 0 radical (unpaired) electrons. The second-order valence-electron chi connectivity index (χ2n) is 5.58. The van der Waals surface area contributed by atoms with Crippen molar-refractivity contribution in [2.75, 3.05) is 4.90 Å². The van der Waals surface area contributed by atoms with Gasteiger partial charge in [-0.25, -0.2) is 0 Å². The summed E-state index contributed by atoms with van der Waals surface area (Å²) in [6.45, 7) is 0. The SMILES string of the molecule is C1=C(c2ccccc2)N(c2ccccc2)C(c2ccccc2)N1. The molecule has 1 heterocycles. The minimum Gasteiger partial charge on any atom is -0.365 e. The van der Waals surface area contributed by atoms with E-state index in [0.717, 1.165) is 0 Å². The third-order valence-corrected chi connectivity index (χ3v) is 4.11. The first-order valence-electron chi connectivity index (χ1n) is 7.84. The van der Waals surface area contributed by atoms with Crippen molar-refractivity contribution in [3.63, 3.8) is 0 Å². The standard InChI is InChI=1S/C21H18N2/c1-4-10-17(11-5-1)20-16-22-21(18-12-6-2-7-13-18)23(20)19-14-8-3-9-15-19/h1-16,21-22H. The fourth-order valence-corrected chi connectivity index (χ4v) is 3.03. The number of anilines is 1. The van der Waals surface area contributed by atoms with Crippen molar-refractivity contribution in [2.24, 2.45) is 0 Å². The largest absolute Gasteiger partial charge is 0.365 e. The molecule has 0 saturated heterocycles. The van der Waals surface area contributed by atoms with Gasteiger partial charge in [-0.05, 0) is 23.3 Å². The van der Waals surface area contributed by atoms with E-state index in [1.165, 1.54) is 22.5 Å². The van der Waals surface area contributed by atoms with Crippen molar-refractivity contribution < 1.29 is 0 Å². The molecule has 0 bridgehead atoms. The Morgan fingerprint density at radius 3 is 1.87 bits per heavy atom. The van der Waals surface area contributed by atoms with Crippen LogP contribution in [0.25, 0.3) is 5.70 Å². The van der Waals surface area contributed by atoms with E-state index < -0.39 is 0 Å². The van der Waals surface area contributed by atoms with E-state index >= 15 is 0 Å². The van der Waals surface area contributed by atoms with Crippen molar-refractivity contribution in [1.82, 2.24) is 5.32 Å². The van der Waals surface area contributed by atoms with Gasteiger partial charge in [-0.3, -0.25) is 0 Å². The van der Waals surface area contributed by atoms with Gasteiger partial charge in [0.25, 0.3) is 0 Å². The Kier molecular flexibility index (Phi) is 3.57. The van der Waals surface area contributed by atoms with E-state index in [-0.39, 0.29) is 6.17 Å². The molecule has 0 saturated carbocycles. The Morgan fingerprint density at radius 1 is 0.652 bits per heavy atom. The maximum atomic E-state index is 3.53. The highest BCUT2D eigenvalue weighted by Crippen LogP contribution is 2.37. The molecule has 0 aliphatic carbocycles. The van der Waals surface area contributed by atoms with Gasteiger partial charge in [-0.1, -0.05) is 78.9 Å². The topological polar surface area (TPSA) is 15.3 Å². The zero-order chi connectivity index (χ0) is 15.5. The summed E-state index contributed by atoms with van der Waals surface area (Å²) in [5.74, 6) is 0. The molecule has 4 rings (SSSR count). The van der Waals surface area contributed by atoms with Gasteiger partial charge in [0.2, 0.25) is 0 Å². The monoisotopic (exact) mass is 298 g/mol. The lowest BCUT2D eigenvalue weighted by atomic mass is 10.1. The third kappa shape index (κ3) is 2.59. The lowest BCUT2D eigenvalue weighted by Gasteiger charge is -2.30. The molecule has 0 amide bonds. The van der Waals surface area contributed by atoms with Crippen LogP contribution in [0.3, 0.4) is 0 Å². The maximum absolute atomic E-state index is 3.53. The van der Waals surface area contributed by atoms with Crippen LogP contribution in [-0.4, -0.2) is 0 Å². The minimum atomic E-state index is 0.105. The highest BCUT2D eigenvalue weighted by molar-refractivity contribution is 5.82. The molecular formula is C21H18N2. The van der Waals surface area contributed by atoms with E-state index in [9.17, 15) is 0 Å². The molecule has 3 aromatic rings. The summed E-state index contributed by atoms with van der Waals surface area (Å²) in [5, 5.41) is 3.53. The first kappa shape index (κ1) is 13.6. The maximum Gasteiger partial charge on any atom is 0.130 e. The van der Waals surface area contributed by atoms with Gasteiger partial charge in [-0.2, -0.15) is 0 Å². The van der Waals surface area contributed by atoms with E-state index in [1.54, 1.807) is 0 Å². The summed E-state index contributed by atoms with van der Waals surface area (Å²) in [5.41, 5.74) is 4.83. The molecule has 1 atom stereocenters. The number of para-hydroxylation sites is 1.